The number of ether oxygens (including phenoxy) is 1. The highest BCUT2D eigenvalue weighted by Crippen LogP contribution is 2.21. The lowest BCUT2D eigenvalue weighted by atomic mass is 10.2. The first kappa shape index (κ1) is 18.1. The van der Waals surface area contributed by atoms with E-state index in [1.807, 2.05) is 23.1 Å². The third-order valence-electron chi connectivity index (χ3n) is 3.60. The second kappa shape index (κ2) is 9.17. The van der Waals surface area contributed by atoms with Gasteiger partial charge in [0.15, 0.2) is 0 Å². The standard InChI is InChI=1S/C16H21BrN2O3S/c1-2-22-16(21)19-9-7-18(8-10-19)15(20)12-23-11-13-5-3-4-6-14(13)17/h3-6H,2,7-12H2,1H3. The molecule has 2 amide bonds. The number of thioether (sulfide) groups is 1. The van der Waals surface area contributed by atoms with Crippen molar-refractivity contribution in [2.45, 2.75) is 12.7 Å². The van der Waals surface area contributed by atoms with Crippen LogP contribution in [-0.2, 0) is 15.3 Å². The van der Waals surface area contributed by atoms with E-state index >= 15 is 0 Å². The molecular weight excluding hydrogens is 380 g/mol. The van der Waals surface area contributed by atoms with Gasteiger partial charge in [0.2, 0.25) is 5.91 Å². The molecule has 1 fully saturated rings. The van der Waals surface area contributed by atoms with E-state index in [0.29, 0.717) is 38.5 Å². The summed E-state index contributed by atoms with van der Waals surface area (Å²) in [5.74, 6) is 1.39. The summed E-state index contributed by atoms with van der Waals surface area (Å²) < 4.78 is 6.05. The molecule has 0 spiro atoms. The zero-order valence-electron chi connectivity index (χ0n) is 13.2. The molecule has 1 aromatic rings. The van der Waals surface area contributed by atoms with Gasteiger partial charge in [-0.3, -0.25) is 4.79 Å². The maximum Gasteiger partial charge on any atom is 0.409 e. The molecule has 7 heteroatoms. The molecule has 126 valence electrons. The van der Waals surface area contributed by atoms with Gasteiger partial charge in [0, 0.05) is 36.4 Å². The molecule has 1 saturated heterocycles. The summed E-state index contributed by atoms with van der Waals surface area (Å²) in [6.45, 7) is 4.41. The predicted molar refractivity (Wildman–Crippen MR) is 95.5 cm³/mol. The van der Waals surface area contributed by atoms with Gasteiger partial charge < -0.3 is 14.5 Å². The summed E-state index contributed by atoms with van der Waals surface area (Å²) in [6, 6.07) is 8.04. The summed E-state index contributed by atoms with van der Waals surface area (Å²) in [5, 5.41) is 0. The Balaban J connectivity index is 1.71. The Morgan fingerprint density at radius 2 is 1.83 bits per heavy atom. The van der Waals surface area contributed by atoms with Gasteiger partial charge in [0.05, 0.1) is 12.4 Å². The number of halogens is 1. The van der Waals surface area contributed by atoms with E-state index in [9.17, 15) is 9.59 Å². The van der Waals surface area contributed by atoms with Crippen molar-refractivity contribution in [1.82, 2.24) is 9.80 Å². The molecule has 5 nitrogen and oxygen atoms in total. The fraction of sp³-hybridized carbons (Fsp3) is 0.500. The third kappa shape index (κ3) is 5.42. The second-order valence-corrected chi connectivity index (χ2v) is 6.99. The van der Waals surface area contributed by atoms with Crippen molar-refractivity contribution in [3.8, 4) is 0 Å². The van der Waals surface area contributed by atoms with Crippen LogP contribution in [0.4, 0.5) is 4.79 Å². The summed E-state index contributed by atoms with van der Waals surface area (Å²) >= 11 is 5.13. The molecule has 0 aliphatic carbocycles. The van der Waals surface area contributed by atoms with Crippen molar-refractivity contribution in [3.63, 3.8) is 0 Å². The van der Waals surface area contributed by atoms with E-state index in [1.54, 1.807) is 23.6 Å². The van der Waals surface area contributed by atoms with Crippen LogP contribution in [0.3, 0.4) is 0 Å². The van der Waals surface area contributed by atoms with Crippen molar-refractivity contribution >= 4 is 39.7 Å². The number of nitrogens with zero attached hydrogens (tertiary/aromatic N) is 2. The van der Waals surface area contributed by atoms with E-state index in [1.165, 1.54) is 5.56 Å². The van der Waals surface area contributed by atoms with Crippen LogP contribution in [0.15, 0.2) is 28.7 Å². The van der Waals surface area contributed by atoms with Crippen molar-refractivity contribution in [3.05, 3.63) is 34.3 Å². The molecule has 0 saturated carbocycles. The number of rotatable bonds is 5. The van der Waals surface area contributed by atoms with Crippen molar-refractivity contribution in [2.24, 2.45) is 0 Å². The minimum absolute atomic E-state index is 0.130. The van der Waals surface area contributed by atoms with Gasteiger partial charge in [0.1, 0.15) is 0 Å². The molecule has 1 heterocycles. The van der Waals surface area contributed by atoms with E-state index in [4.69, 9.17) is 4.74 Å². The molecule has 0 N–H and O–H groups in total. The van der Waals surface area contributed by atoms with Crippen LogP contribution in [0.2, 0.25) is 0 Å². The van der Waals surface area contributed by atoms with Crippen LogP contribution in [0.25, 0.3) is 0 Å². The summed E-state index contributed by atoms with van der Waals surface area (Å²) in [4.78, 5) is 27.3. The van der Waals surface area contributed by atoms with E-state index < -0.39 is 0 Å². The number of carbonyl (C=O) groups excluding carboxylic acids is 2. The normalized spacial score (nSPS) is 14.7. The molecule has 1 aromatic carbocycles. The summed E-state index contributed by atoms with van der Waals surface area (Å²) in [5.41, 5.74) is 1.19. The number of carbonyl (C=O) groups is 2. The fourth-order valence-corrected chi connectivity index (χ4v) is 3.85. The van der Waals surface area contributed by atoms with Crippen LogP contribution < -0.4 is 0 Å². The van der Waals surface area contributed by atoms with Crippen LogP contribution in [0.5, 0.6) is 0 Å². The summed E-state index contributed by atoms with van der Waals surface area (Å²) in [7, 11) is 0. The lowest BCUT2D eigenvalue weighted by Crippen LogP contribution is -2.51. The van der Waals surface area contributed by atoms with Crippen LogP contribution in [-0.4, -0.2) is 60.3 Å². The van der Waals surface area contributed by atoms with Gasteiger partial charge in [-0.05, 0) is 18.6 Å². The highest BCUT2D eigenvalue weighted by molar-refractivity contribution is 9.10. The van der Waals surface area contributed by atoms with E-state index in [2.05, 4.69) is 22.0 Å². The highest BCUT2D eigenvalue weighted by atomic mass is 79.9. The van der Waals surface area contributed by atoms with Gasteiger partial charge in [0.25, 0.3) is 0 Å². The SMILES string of the molecule is CCOC(=O)N1CCN(C(=O)CSCc2ccccc2Br)CC1. The van der Waals surface area contributed by atoms with Crippen molar-refractivity contribution in [1.29, 1.82) is 0 Å². The average Bonchev–Trinajstić information content (AvgIpc) is 2.57. The first-order valence-corrected chi connectivity index (χ1v) is 9.57. The Hall–Kier alpha value is -1.21. The lowest BCUT2D eigenvalue weighted by molar-refractivity contribution is -0.129. The molecule has 2 rings (SSSR count). The smallest absolute Gasteiger partial charge is 0.409 e. The van der Waals surface area contributed by atoms with E-state index in [0.717, 1.165) is 10.2 Å². The van der Waals surface area contributed by atoms with Gasteiger partial charge in [-0.25, -0.2) is 4.79 Å². The number of piperazine rings is 1. The van der Waals surface area contributed by atoms with Crippen LogP contribution in [0, 0.1) is 0 Å². The Bertz CT molecular complexity index is 548. The molecule has 0 atom stereocenters. The average molecular weight is 401 g/mol. The topological polar surface area (TPSA) is 49.9 Å². The number of benzene rings is 1. The Morgan fingerprint density at radius 3 is 2.48 bits per heavy atom. The Morgan fingerprint density at radius 1 is 1.17 bits per heavy atom. The zero-order valence-corrected chi connectivity index (χ0v) is 15.6. The molecule has 0 bridgehead atoms. The second-order valence-electron chi connectivity index (χ2n) is 5.15. The first-order valence-electron chi connectivity index (χ1n) is 7.62. The zero-order chi connectivity index (χ0) is 16.7. The molecular formula is C16H21BrN2O3S. The Kier molecular flexibility index (Phi) is 7.23. The Labute approximate surface area is 149 Å². The lowest BCUT2D eigenvalue weighted by Gasteiger charge is -2.34. The van der Waals surface area contributed by atoms with Crippen molar-refractivity contribution in [2.75, 3.05) is 38.5 Å². The van der Waals surface area contributed by atoms with Crippen molar-refractivity contribution < 1.29 is 14.3 Å². The third-order valence-corrected chi connectivity index (χ3v) is 5.34. The van der Waals surface area contributed by atoms with E-state index in [-0.39, 0.29) is 12.0 Å². The quantitative estimate of drug-likeness (QED) is 0.761. The molecule has 1 aliphatic heterocycles. The summed E-state index contributed by atoms with van der Waals surface area (Å²) in [6.07, 6.45) is -0.289. The maximum atomic E-state index is 12.2. The maximum absolute atomic E-state index is 12.2. The van der Waals surface area contributed by atoms with Gasteiger partial charge >= 0.3 is 6.09 Å². The fourth-order valence-electron chi connectivity index (χ4n) is 2.31. The molecule has 1 aliphatic rings. The number of amides is 2. The van der Waals surface area contributed by atoms with Gasteiger partial charge in [-0.15, -0.1) is 11.8 Å². The monoisotopic (exact) mass is 400 g/mol. The number of hydrogen-bond donors (Lipinski definition) is 0. The first-order chi connectivity index (χ1) is 11.1. The predicted octanol–water partition coefficient (Wildman–Crippen LogP) is 2.98. The van der Waals surface area contributed by atoms with Gasteiger partial charge in [-0.1, -0.05) is 34.1 Å². The highest BCUT2D eigenvalue weighted by Gasteiger charge is 2.24. The minimum atomic E-state index is -0.289. The van der Waals surface area contributed by atoms with Crippen LogP contribution >= 0.6 is 27.7 Å². The molecule has 23 heavy (non-hydrogen) atoms. The molecule has 0 unspecified atom stereocenters. The minimum Gasteiger partial charge on any atom is -0.450 e. The molecule has 0 radical (unpaired) electrons. The largest absolute Gasteiger partial charge is 0.450 e. The van der Waals surface area contributed by atoms with Gasteiger partial charge in [-0.2, -0.15) is 0 Å². The molecule has 0 aromatic heterocycles. The number of hydrogen-bond acceptors (Lipinski definition) is 4. The van der Waals surface area contributed by atoms with Crippen LogP contribution in [0.1, 0.15) is 12.5 Å².